The van der Waals surface area contributed by atoms with Crippen LogP contribution in [0.5, 0.6) is 0 Å². The molecule has 2 aromatic heterocycles. The Bertz CT molecular complexity index is 969. The van der Waals surface area contributed by atoms with Crippen LogP contribution in [0, 0.1) is 0 Å². The molecule has 0 aliphatic heterocycles. The third kappa shape index (κ3) is 4.17. The van der Waals surface area contributed by atoms with E-state index in [2.05, 4.69) is 42.9 Å². The van der Waals surface area contributed by atoms with E-state index in [0.717, 1.165) is 59.7 Å². The van der Waals surface area contributed by atoms with Crippen molar-refractivity contribution in [3.05, 3.63) is 48.1 Å². The van der Waals surface area contributed by atoms with Gasteiger partial charge in [0.25, 0.3) is 0 Å². The van der Waals surface area contributed by atoms with E-state index in [1.54, 1.807) is 6.20 Å². The number of allylic oxidation sites excluding steroid dienone is 4. The Morgan fingerprint density at radius 1 is 1.19 bits per heavy atom. The van der Waals surface area contributed by atoms with Gasteiger partial charge in [-0.3, -0.25) is 10.2 Å². The zero-order valence-corrected chi connectivity index (χ0v) is 15.2. The van der Waals surface area contributed by atoms with Crippen LogP contribution in [0.1, 0.15) is 25.6 Å². The summed E-state index contributed by atoms with van der Waals surface area (Å²) in [7, 11) is 0. The number of aromatic nitrogens is 5. The van der Waals surface area contributed by atoms with Gasteiger partial charge in [-0.15, -0.1) is 5.10 Å². The molecule has 0 unspecified atom stereocenters. The molecule has 0 saturated carbocycles. The molecule has 0 amide bonds. The monoisotopic (exact) mass is 365 g/mol. The van der Waals surface area contributed by atoms with Crippen LogP contribution in [-0.2, 0) is 4.74 Å². The highest BCUT2D eigenvalue weighted by molar-refractivity contribution is 5.82. The number of likely N-dealkylation sites (N-methyl/N-ethyl adjacent to an activating group) is 1. The van der Waals surface area contributed by atoms with E-state index in [1.807, 2.05) is 30.4 Å². The molecule has 0 saturated heterocycles. The molecule has 140 valence electrons. The molecule has 0 bridgehead atoms. The summed E-state index contributed by atoms with van der Waals surface area (Å²) in [6.07, 6.45) is 7.61. The molecule has 0 radical (unpaired) electrons. The highest BCUT2D eigenvalue weighted by Crippen LogP contribution is 2.26. The van der Waals surface area contributed by atoms with Crippen molar-refractivity contribution in [2.75, 3.05) is 25.0 Å². The summed E-state index contributed by atoms with van der Waals surface area (Å²) in [5, 5.41) is 21.8. The summed E-state index contributed by atoms with van der Waals surface area (Å²) < 4.78 is 5.77. The topological polar surface area (TPSA) is 104 Å². The molecule has 0 atom stereocenters. The molecule has 0 fully saturated rings. The lowest BCUT2D eigenvalue weighted by Crippen LogP contribution is -2.19. The molecule has 8 heteroatoms. The Kier molecular flexibility index (Phi) is 5.15. The Morgan fingerprint density at radius 3 is 3.00 bits per heavy atom. The van der Waals surface area contributed by atoms with Crippen molar-refractivity contribution in [1.29, 1.82) is 0 Å². The lowest BCUT2D eigenvalue weighted by Gasteiger charge is -2.14. The molecule has 27 heavy (non-hydrogen) atoms. The number of H-pyrrole nitrogens is 2. The maximum atomic E-state index is 5.77. The van der Waals surface area contributed by atoms with Gasteiger partial charge in [-0.1, -0.05) is 13.0 Å². The van der Waals surface area contributed by atoms with Gasteiger partial charge < -0.3 is 15.4 Å². The van der Waals surface area contributed by atoms with E-state index in [9.17, 15) is 0 Å². The maximum absolute atomic E-state index is 5.77. The first-order valence-corrected chi connectivity index (χ1v) is 9.18. The fraction of sp³-hybridized carbons (Fsp3) is 0.316. The fourth-order valence-electron chi connectivity index (χ4n) is 2.98. The average Bonchev–Trinajstić information content (AvgIpc) is 3.35. The lowest BCUT2D eigenvalue weighted by atomic mass is 10.0. The summed E-state index contributed by atoms with van der Waals surface area (Å²) in [6, 6.07) is 5.95. The van der Waals surface area contributed by atoms with Crippen LogP contribution < -0.4 is 10.6 Å². The van der Waals surface area contributed by atoms with Crippen LogP contribution in [0.2, 0.25) is 0 Å². The van der Waals surface area contributed by atoms with E-state index in [4.69, 9.17) is 4.74 Å². The molecule has 1 aliphatic carbocycles. The highest BCUT2D eigenvalue weighted by atomic mass is 16.5. The van der Waals surface area contributed by atoms with E-state index < -0.39 is 0 Å². The van der Waals surface area contributed by atoms with Gasteiger partial charge in [0.05, 0.1) is 17.5 Å². The van der Waals surface area contributed by atoms with Crippen LogP contribution in [0.25, 0.3) is 16.5 Å². The third-order valence-corrected chi connectivity index (χ3v) is 4.41. The number of hydrogen-bond acceptors (Lipinski definition) is 6. The van der Waals surface area contributed by atoms with Crippen molar-refractivity contribution in [3.8, 4) is 0 Å². The molecule has 0 spiro atoms. The van der Waals surface area contributed by atoms with Gasteiger partial charge in [0.2, 0.25) is 5.95 Å². The number of nitrogens with zero attached hydrogens (tertiary/aromatic N) is 3. The van der Waals surface area contributed by atoms with Crippen LogP contribution >= 0.6 is 0 Å². The van der Waals surface area contributed by atoms with Gasteiger partial charge >= 0.3 is 0 Å². The summed E-state index contributed by atoms with van der Waals surface area (Å²) in [5.74, 6) is 2.35. The van der Waals surface area contributed by atoms with Crippen LogP contribution in [0.4, 0.5) is 11.6 Å². The molecular formula is C19H23N7O. The summed E-state index contributed by atoms with van der Waals surface area (Å²) in [5.41, 5.74) is 3.04. The first kappa shape index (κ1) is 17.3. The van der Waals surface area contributed by atoms with Crippen molar-refractivity contribution in [1.82, 2.24) is 30.7 Å². The minimum Gasteiger partial charge on any atom is -0.497 e. The van der Waals surface area contributed by atoms with Crippen molar-refractivity contribution in [3.63, 3.8) is 0 Å². The van der Waals surface area contributed by atoms with E-state index in [0.29, 0.717) is 12.6 Å². The Hall–Kier alpha value is -3.13. The SMILES string of the molecule is CCNCCOC1=CC=C(c2nc(Nc3ccc4[nH]ncc4c3)n[nH]2)CC1. The van der Waals surface area contributed by atoms with E-state index in [1.165, 1.54) is 0 Å². The molecule has 1 aliphatic rings. The van der Waals surface area contributed by atoms with Gasteiger partial charge in [0.15, 0.2) is 5.82 Å². The third-order valence-electron chi connectivity index (χ3n) is 4.41. The molecule has 4 rings (SSSR count). The highest BCUT2D eigenvalue weighted by Gasteiger charge is 2.13. The van der Waals surface area contributed by atoms with Gasteiger partial charge in [0.1, 0.15) is 6.61 Å². The number of ether oxygens (including phenoxy) is 1. The van der Waals surface area contributed by atoms with Crippen molar-refractivity contribution >= 4 is 28.1 Å². The number of anilines is 2. The smallest absolute Gasteiger partial charge is 0.246 e. The minimum absolute atomic E-state index is 0.547. The first-order chi connectivity index (χ1) is 13.3. The van der Waals surface area contributed by atoms with Crippen LogP contribution in [0.3, 0.4) is 0 Å². The zero-order chi connectivity index (χ0) is 18.5. The van der Waals surface area contributed by atoms with Crippen molar-refractivity contribution in [2.45, 2.75) is 19.8 Å². The zero-order valence-electron chi connectivity index (χ0n) is 15.2. The fourth-order valence-corrected chi connectivity index (χ4v) is 2.98. The molecule has 8 nitrogen and oxygen atoms in total. The molecule has 2 heterocycles. The number of aromatic amines is 2. The molecule has 3 aromatic rings. The Balaban J connectivity index is 1.39. The van der Waals surface area contributed by atoms with Crippen molar-refractivity contribution in [2.24, 2.45) is 0 Å². The Morgan fingerprint density at radius 2 is 2.15 bits per heavy atom. The minimum atomic E-state index is 0.547. The second-order valence-corrected chi connectivity index (χ2v) is 6.33. The standard InChI is InChI=1S/C19H23N7O/c1-2-20-9-10-27-16-6-3-13(4-7-16)18-23-19(26-25-18)22-15-5-8-17-14(11-15)12-21-24-17/h3,5-6,8,11-12,20H,2,4,7,9-10H2,1H3,(H,21,24)(H2,22,23,25,26). The number of hydrogen-bond donors (Lipinski definition) is 4. The quantitative estimate of drug-likeness (QED) is 0.457. The lowest BCUT2D eigenvalue weighted by molar-refractivity contribution is 0.203. The van der Waals surface area contributed by atoms with Crippen molar-refractivity contribution < 1.29 is 4.74 Å². The predicted molar refractivity (Wildman–Crippen MR) is 106 cm³/mol. The Labute approximate surface area is 157 Å². The number of nitrogens with one attached hydrogen (secondary N) is 4. The molecule has 4 N–H and O–H groups in total. The average molecular weight is 365 g/mol. The first-order valence-electron chi connectivity index (χ1n) is 9.18. The van der Waals surface area contributed by atoms with E-state index in [-0.39, 0.29) is 0 Å². The van der Waals surface area contributed by atoms with Crippen LogP contribution in [0.15, 0.2) is 42.3 Å². The van der Waals surface area contributed by atoms with E-state index >= 15 is 0 Å². The van der Waals surface area contributed by atoms with Gasteiger partial charge in [-0.25, -0.2) is 0 Å². The summed E-state index contributed by atoms with van der Waals surface area (Å²) >= 11 is 0. The summed E-state index contributed by atoms with van der Waals surface area (Å²) in [4.78, 5) is 4.56. The normalized spacial score (nSPS) is 14.1. The van der Waals surface area contributed by atoms with Gasteiger partial charge in [-0.2, -0.15) is 10.1 Å². The van der Waals surface area contributed by atoms with Gasteiger partial charge in [-0.05, 0) is 42.8 Å². The summed E-state index contributed by atoms with van der Waals surface area (Å²) in [6.45, 7) is 4.61. The predicted octanol–water partition coefficient (Wildman–Crippen LogP) is 3.11. The molecule has 1 aromatic carbocycles. The number of fused-ring (bicyclic) bond motifs is 1. The largest absolute Gasteiger partial charge is 0.497 e. The second kappa shape index (κ2) is 8.05. The molecular weight excluding hydrogens is 342 g/mol. The second-order valence-electron chi connectivity index (χ2n) is 6.33. The van der Waals surface area contributed by atoms with Gasteiger partial charge in [0, 0.05) is 24.0 Å². The number of benzene rings is 1. The number of rotatable bonds is 8. The maximum Gasteiger partial charge on any atom is 0.246 e. The van der Waals surface area contributed by atoms with Crippen LogP contribution in [-0.4, -0.2) is 45.1 Å².